The van der Waals surface area contributed by atoms with Gasteiger partial charge in [0, 0.05) is 25.3 Å². The summed E-state index contributed by atoms with van der Waals surface area (Å²) in [6, 6.07) is 12.8. The van der Waals surface area contributed by atoms with Gasteiger partial charge in [0.25, 0.3) is 0 Å². The summed E-state index contributed by atoms with van der Waals surface area (Å²) < 4.78 is 73.2. The number of rotatable bonds is 3. The van der Waals surface area contributed by atoms with E-state index in [1.54, 1.807) is 41.3 Å². The molecule has 0 saturated carbocycles. The van der Waals surface area contributed by atoms with Crippen LogP contribution >= 0.6 is 0 Å². The zero-order chi connectivity index (χ0) is 26.9. The van der Waals surface area contributed by atoms with Gasteiger partial charge in [-0.2, -0.15) is 17.5 Å². The topological polar surface area (TPSA) is 98.2 Å². The minimum atomic E-state index is -5.08. The average molecular weight is 532 g/mol. The Labute approximate surface area is 205 Å². The van der Waals surface area contributed by atoms with Gasteiger partial charge in [0.1, 0.15) is 5.82 Å². The Morgan fingerprint density at radius 1 is 1.08 bits per heavy atom. The maximum Gasteiger partial charge on any atom is 0.490 e. The molecule has 1 atom stereocenters. The molecule has 13 heteroatoms. The number of carboxylic acids is 1. The molecule has 1 unspecified atom stereocenters. The van der Waals surface area contributed by atoms with Gasteiger partial charge >= 0.3 is 12.1 Å². The number of amides is 1. The van der Waals surface area contributed by atoms with Crippen LogP contribution in [0.2, 0.25) is 0 Å². The second-order valence-electron chi connectivity index (χ2n) is 8.74. The van der Waals surface area contributed by atoms with Crippen LogP contribution in [0.25, 0.3) is 0 Å². The molecule has 2 aromatic rings. The van der Waals surface area contributed by atoms with Crippen LogP contribution in [0.15, 0.2) is 53.4 Å². The molecule has 1 amide bonds. The molecule has 1 spiro atoms. The van der Waals surface area contributed by atoms with Crippen LogP contribution in [0.5, 0.6) is 0 Å². The standard InChI is InChI=1S/C21H24FN3O3S.C2HF3O2/c1-16-6-8-19(9-7-16)29(27,28)24-11-10-21(14-24)15-25(20(26)13-23(21)2)18-5-3-4-17(22)12-18;3-2(4,5)1(6)7/h3-9,12H,10-11,13-15H2,1-2H3;(H,6,7). The number of aryl methyl sites for hydroxylation is 1. The summed E-state index contributed by atoms with van der Waals surface area (Å²) >= 11 is 0. The van der Waals surface area contributed by atoms with Crippen molar-refractivity contribution >= 4 is 27.6 Å². The molecular formula is C23H25F4N3O5S. The van der Waals surface area contributed by atoms with Crippen molar-refractivity contribution in [3.8, 4) is 0 Å². The number of halogens is 4. The first-order valence-electron chi connectivity index (χ1n) is 10.8. The van der Waals surface area contributed by atoms with E-state index < -0.39 is 33.5 Å². The first-order chi connectivity index (χ1) is 16.7. The number of nitrogens with zero attached hydrogens (tertiary/aromatic N) is 3. The third kappa shape index (κ3) is 5.85. The zero-order valence-electron chi connectivity index (χ0n) is 19.5. The molecule has 0 bridgehead atoms. The van der Waals surface area contributed by atoms with E-state index in [4.69, 9.17) is 9.90 Å². The number of sulfonamides is 1. The van der Waals surface area contributed by atoms with Gasteiger partial charge in [-0.3, -0.25) is 9.69 Å². The van der Waals surface area contributed by atoms with Crippen LogP contribution in [-0.2, 0) is 19.6 Å². The molecule has 4 rings (SSSR count). The highest BCUT2D eigenvalue weighted by molar-refractivity contribution is 7.89. The second kappa shape index (κ2) is 10.1. The number of alkyl halides is 3. The summed E-state index contributed by atoms with van der Waals surface area (Å²) in [6.45, 7) is 3.07. The number of carbonyl (C=O) groups is 2. The summed E-state index contributed by atoms with van der Waals surface area (Å²) in [6.07, 6.45) is -4.48. The van der Waals surface area contributed by atoms with Gasteiger partial charge in [-0.25, -0.2) is 17.6 Å². The molecule has 2 aliphatic rings. The van der Waals surface area contributed by atoms with Gasteiger partial charge < -0.3 is 10.0 Å². The first kappa shape index (κ1) is 27.6. The van der Waals surface area contributed by atoms with E-state index in [1.807, 2.05) is 18.9 Å². The molecule has 0 radical (unpaired) electrons. The lowest BCUT2D eigenvalue weighted by Gasteiger charge is -2.46. The molecule has 8 nitrogen and oxygen atoms in total. The monoisotopic (exact) mass is 531 g/mol. The van der Waals surface area contributed by atoms with Gasteiger partial charge in [-0.1, -0.05) is 23.8 Å². The van der Waals surface area contributed by atoms with Crippen LogP contribution in [0.1, 0.15) is 12.0 Å². The third-order valence-corrected chi connectivity index (χ3v) is 8.11. The van der Waals surface area contributed by atoms with Crippen molar-refractivity contribution in [1.82, 2.24) is 9.21 Å². The van der Waals surface area contributed by atoms with Crippen molar-refractivity contribution in [2.75, 3.05) is 38.1 Å². The van der Waals surface area contributed by atoms with Gasteiger partial charge in [0.05, 0.1) is 17.0 Å². The van der Waals surface area contributed by atoms with Crippen molar-refractivity contribution in [2.24, 2.45) is 0 Å². The molecule has 2 fully saturated rings. The predicted octanol–water partition coefficient (Wildman–Crippen LogP) is 2.88. The largest absolute Gasteiger partial charge is 0.490 e. The highest BCUT2D eigenvalue weighted by Crippen LogP contribution is 2.36. The van der Waals surface area contributed by atoms with Crippen LogP contribution in [0.4, 0.5) is 23.2 Å². The minimum Gasteiger partial charge on any atom is -0.475 e. The Morgan fingerprint density at radius 2 is 1.69 bits per heavy atom. The fourth-order valence-electron chi connectivity index (χ4n) is 4.16. The number of likely N-dealkylation sites (N-methyl/N-ethyl adjacent to an activating group) is 1. The van der Waals surface area contributed by atoms with Crippen LogP contribution in [0, 0.1) is 12.7 Å². The number of anilines is 1. The maximum atomic E-state index is 13.7. The lowest BCUT2D eigenvalue weighted by molar-refractivity contribution is -0.192. The second-order valence-corrected chi connectivity index (χ2v) is 10.7. The van der Waals surface area contributed by atoms with E-state index in [2.05, 4.69) is 0 Å². The molecule has 1 N–H and O–H groups in total. The molecule has 0 aliphatic carbocycles. The number of carboxylic acid groups (broad SMARTS) is 1. The van der Waals surface area contributed by atoms with E-state index in [-0.39, 0.29) is 17.3 Å². The molecule has 36 heavy (non-hydrogen) atoms. The van der Waals surface area contributed by atoms with Crippen molar-refractivity contribution in [3.05, 3.63) is 59.9 Å². The minimum absolute atomic E-state index is 0.122. The lowest BCUT2D eigenvalue weighted by Crippen LogP contribution is -2.64. The third-order valence-electron chi connectivity index (χ3n) is 6.25. The van der Waals surface area contributed by atoms with Crippen molar-refractivity contribution in [2.45, 2.75) is 30.0 Å². The summed E-state index contributed by atoms with van der Waals surface area (Å²) in [5.74, 6) is -3.28. The number of piperazine rings is 1. The molecule has 2 saturated heterocycles. The summed E-state index contributed by atoms with van der Waals surface area (Å²) in [7, 11) is -1.76. The van der Waals surface area contributed by atoms with Crippen LogP contribution in [0.3, 0.4) is 0 Å². The predicted molar refractivity (Wildman–Crippen MR) is 122 cm³/mol. The molecule has 0 aromatic heterocycles. The SMILES string of the molecule is Cc1ccc(S(=O)(=O)N2CCC3(CN(c4cccc(F)c4)C(=O)CN3C)C2)cc1.O=C(O)C(F)(F)F. The normalized spacial score (nSPS) is 21.4. The van der Waals surface area contributed by atoms with Gasteiger partial charge in [-0.05, 0) is 50.7 Å². The number of aliphatic carboxylic acids is 1. The number of benzene rings is 2. The Kier molecular flexibility index (Phi) is 7.77. The Morgan fingerprint density at radius 3 is 2.25 bits per heavy atom. The van der Waals surface area contributed by atoms with E-state index >= 15 is 0 Å². The highest BCUT2D eigenvalue weighted by Gasteiger charge is 2.50. The fourth-order valence-corrected chi connectivity index (χ4v) is 5.68. The van der Waals surface area contributed by atoms with Gasteiger partial charge in [0.15, 0.2) is 0 Å². The van der Waals surface area contributed by atoms with Crippen LogP contribution < -0.4 is 4.90 Å². The zero-order valence-corrected chi connectivity index (χ0v) is 20.3. The molecule has 2 aromatic carbocycles. The van der Waals surface area contributed by atoms with Gasteiger partial charge in [-0.15, -0.1) is 0 Å². The average Bonchev–Trinajstić information content (AvgIpc) is 3.23. The van der Waals surface area contributed by atoms with E-state index in [9.17, 15) is 30.8 Å². The molecule has 2 aliphatic heterocycles. The summed E-state index contributed by atoms with van der Waals surface area (Å²) in [5.41, 5.74) is 0.998. The number of hydrogen-bond acceptors (Lipinski definition) is 5. The van der Waals surface area contributed by atoms with Crippen molar-refractivity contribution < 1.29 is 40.7 Å². The smallest absolute Gasteiger partial charge is 0.475 e. The first-order valence-corrected chi connectivity index (χ1v) is 12.2. The highest BCUT2D eigenvalue weighted by atomic mass is 32.2. The van der Waals surface area contributed by atoms with Gasteiger partial charge in [0.2, 0.25) is 15.9 Å². The molecule has 196 valence electrons. The van der Waals surface area contributed by atoms with E-state index in [1.165, 1.54) is 16.4 Å². The fraction of sp³-hybridized carbons (Fsp3) is 0.391. The quantitative estimate of drug-likeness (QED) is 0.612. The van der Waals surface area contributed by atoms with Crippen molar-refractivity contribution in [3.63, 3.8) is 0 Å². The Balaban J connectivity index is 0.000000454. The number of carbonyl (C=O) groups excluding carboxylic acids is 1. The molecular weight excluding hydrogens is 506 g/mol. The molecule has 2 heterocycles. The summed E-state index contributed by atoms with van der Waals surface area (Å²) in [4.78, 5) is 25.3. The van der Waals surface area contributed by atoms with E-state index in [0.29, 0.717) is 31.7 Å². The summed E-state index contributed by atoms with van der Waals surface area (Å²) in [5, 5.41) is 7.12. The number of hydrogen-bond donors (Lipinski definition) is 1. The van der Waals surface area contributed by atoms with Crippen LogP contribution in [-0.4, -0.2) is 79.5 Å². The Hall–Kier alpha value is -3.03. The Bertz CT molecular complexity index is 1240. The van der Waals surface area contributed by atoms with Crippen molar-refractivity contribution in [1.29, 1.82) is 0 Å². The maximum absolute atomic E-state index is 13.7. The lowest BCUT2D eigenvalue weighted by atomic mass is 9.92. The van der Waals surface area contributed by atoms with E-state index in [0.717, 1.165) is 5.56 Å².